The number of nitrogens with zero attached hydrogens (tertiary/aromatic N) is 2. The van der Waals surface area contributed by atoms with Gasteiger partial charge in [-0.1, -0.05) is 18.2 Å². The highest BCUT2D eigenvalue weighted by atomic mass is 19.1. The quantitative estimate of drug-likeness (QED) is 0.409. The van der Waals surface area contributed by atoms with Gasteiger partial charge in [0.05, 0.1) is 11.6 Å². The van der Waals surface area contributed by atoms with Gasteiger partial charge in [0.2, 0.25) is 0 Å². The molecule has 1 atom stereocenters. The van der Waals surface area contributed by atoms with E-state index in [4.69, 9.17) is 0 Å². The Morgan fingerprint density at radius 3 is 2.29 bits per heavy atom. The Morgan fingerprint density at radius 1 is 0.941 bits per heavy atom. The second kappa shape index (κ2) is 9.70. The maximum Gasteiger partial charge on any atom is 0.255 e. The van der Waals surface area contributed by atoms with Gasteiger partial charge in [-0.2, -0.15) is 0 Å². The van der Waals surface area contributed by atoms with E-state index < -0.39 is 5.82 Å². The molecular weight excluding hydrogens is 431 g/mol. The Labute approximate surface area is 197 Å². The third kappa shape index (κ3) is 4.88. The summed E-state index contributed by atoms with van der Waals surface area (Å²) in [6.07, 6.45) is 1.72. The molecule has 2 aromatic carbocycles. The average Bonchev–Trinajstić information content (AvgIpc) is 3.14. The number of benzene rings is 2. The van der Waals surface area contributed by atoms with E-state index in [1.54, 1.807) is 18.3 Å². The first-order chi connectivity index (χ1) is 16.3. The lowest BCUT2D eigenvalue weighted by Crippen LogP contribution is -2.27. The van der Waals surface area contributed by atoms with E-state index in [0.29, 0.717) is 16.8 Å². The molecule has 2 N–H and O–H groups in total. The lowest BCUT2D eigenvalue weighted by molar-refractivity contribution is 0.0938. The summed E-state index contributed by atoms with van der Waals surface area (Å²) in [4.78, 5) is 29.7. The van der Waals surface area contributed by atoms with Gasteiger partial charge in [-0.25, -0.2) is 9.37 Å². The van der Waals surface area contributed by atoms with Crippen molar-refractivity contribution in [1.29, 1.82) is 0 Å². The maximum atomic E-state index is 13.1. The Balaban J connectivity index is 1.43. The normalized spacial score (nSPS) is 11.6. The number of carbonyl (C=O) groups excluding carboxylic acids is 2. The minimum Gasteiger partial charge on any atom is -0.345 e. The molecule has 0 aliphatic rings. The van der Waals surface area contributed by atoms with Crippen molar-refractivity contribution in [3.05, 3.63) is 113 Å². The number of aromatic nitrogens is 2. The van der Waals surface area contributed by atoms with Gasteiger partial charge in [0.25, 0.3) is 11.8 Å². The zero-order chi connectivity index (χ0) is 24.2. The van der Waals surface area contributed by atoms with Crippen LogP contribution in [0.2, 0.25) is 0 Å². The van der Waals surface area contributed by atoms with E-state index in [1.807, 2.05) is 61.7 Å². The maximum absolute atomic E-state index is 13.1. The molecule has 0 radical (unpaired) electrons. The molecule has 1 unspecified atom stereocenters. The van der Waals surface area contributed by atoms with Gasteiger partial charge in [-0.15, -0.1) is 0 Å². The van der Waals surface area contributed by atoms with Crippen LogP contribution in [0.25, 0.3) is 5.82 Å². The Hall–Kier alpha value is -4.26. The predicted octanol–water partition coefficient (Wildman–Crippen LogP) is 5.37. The van der Waals surface area contributed by atoms with E-state index in [2.05, 4.69) is 15.6 Å². The van der Waals surface area contributed by atoms with Gasteiger partial charge in [-0.3, -0.25) is 9.59 Å². The molecule has 0 fully saturated rings. The summed E-state index contributed by atoms with van der Waals surface area (Å²) in [7, 11) is 0. The molecule has 2 aromatic heterocycles. The van der Waals surface area contributed by atoms with Crippen molar-refractivity contribution in [3.63, 3.8) is 0 Å². The minimum absolute atomic E-state index is 0.170. The highest BCUT2D eigenvalue weighted by molar-refractivity contribution is 6.04. The Kier molecular flexibility index (Phi) is 6.54. The molecule has 0 spiro atoms. The zero-order valence-corrected chi connectivity index (χ0v) is 19.2. The topological polar surface area (TPSA) is 76.0 Å². The van der Waals surface area contributed by atoms with E-state index in [1.165, 1.54) is 24.3 Å². The van der Waals surface area contributed by atoms with Gasteiger partial charge in [0.15, 0.2) is 0 Å². The van der Waals surface area contributed by atoms with Gasteiger partial charge in [0.1, 0.15) is 11.6 Å². The fourth-order valence-electron chi connectivity index (χ4n) is 3.85. The summed E-state index contributed by atoms with van der Waals surface area (Å²) >= 11 is 0. The third-order valence-electron chi connectivity index (χ3n) is 5.68. The number of carbonyl (C=O) groups is 2. The van der Waals surface area contributed by atoms with Gasteiger partial charge < -0.3 is 15.2 Å². The summed E-state index contributed by atoms with van der Waals surface area (Å²) in [5.74, 6) is -0.118. The van der Waals surface area contributed by atoms with Crippen LogP contribution in [-0.2, 0) is 0 Å². The van der Waals surface area contributed by atoms with Crippen LogP contribution in [-0.4, -0.2) is 21.4 Å². The summed E-state index contributed by atoms with van der Waals surface area (Å²) < 4.78 is 15.0. The Morgan fingerprint density at radius 2 is 1.65 bits per heavy atom. The lowest BCUT2D eigenvalue weighted by atomic mass is 10.1. The number of amides is 2. The molecule has 4 aromatic rings. The first-order valence-electron chi connectivity index (χ1n) is 10.9. The van der Waals surface area contributed by atoms with Gasteiger partial charge >= 0.3 is 0 Å². The fourth-order valence-corrected chi connectivity index (χ4v) is 3.85. The lowest BCUT2D eigenvalue weighted by Gasteiger charge is -2.15. The van der Waals surface area contributed by atoms with Gasteiger partial charge in [0, 0.05) is 28.8 Å². The van der Waals surface area contributed by atoms with E-state index in [0.717, 1.165) is 22.8 Å². The molecule has 0 saturated heterocycles. The smallest absolute Gasteiger partial charge is 0.255 e. The molecular formula is C27H25FN4O2. The molecule has 0 saturated carbocycles. The van der Waals surface area contributed by atoms with Crippen LogP contribution in [0.3, 0.4) is 0 Å². The van der Waals surface area contributed by atoms with Gasteiger partial charge in [-0.05, 0) is 80.9 Å². The number of hydrogen-bond acceptors (Lipinski definition) is 3. The van der Waals surface area contributed by atoms with E-state index >= 15 is 0 Å². The minimum atomic E-state index is -0.393. The van der Waals surface area contributed by atoms with Crippen molar-refractivity contribution in [3.8, 4) is 5.82 Å². The van der Waals surface area contributed by atoms with Crippen molar-refractivity contribution < 1.29 is 14.0 Å². The number of nitrogens with one attached hydrogen (secondary N) is 2. The summed E-state index contributed by atoms with van der Waals surface area (Å²) in [6, 6.07) is 19.9. The SMILES string of the molecule is Cc1cc(C(=O)NC(C)c2ccc(NC(=O)c3ccc(F)cc3)cc2)c(C)n1-c1ccccn1. The van der Waals surface area contributed by atoms with Crippen LogP contribution in [0.4, 0.5) is 10.1 Å². The summed E-state index contributed by atoms with van der Waals surface area (Å²) in [5, 5.41) is 5.83. The van der Waals surface area contributed by atoms with Crippen LogP contribution in [0.5, 0.6) is 0 Å². The highest BCUT2D eigenvalue weighted by Crippen LogP contribution is 2.22. The van der Waals surface area contributed by atoms with Crippen LogP contribution in [0, 0.1) is 19.7 Å². The first kappa shape index (κ1) is 22.9. The van der Waals surface area contributed by atoms with Crippen molar-refractivity contribution >= 4 is 17.5 Å². The molecule has 0 bridgehead atoms. The van der Waals surface area contributed by atoms with Crippen LogP contribution in [0.15, 0.2) is 79.0 Å². The van der Waals surface area contributed by atoms with E-state index in [9.17, 15) is 14.0 Å². The highest BCUT2D eigenvalue weighted by Gasteiger charge is 2.19. The molecule has 2 amide bonds. The van der Waals surface area contributed by atoms with Crippen molar-refractivity contribution in [1.82, 2.24) is 14.9 Å². The van der Waals surface area contributed by atoms with Crippen molar-refractivity contribution in [2.75, 3.05) is 5.32 Å². The van der Waals surface area contributed by atoms with Crippen LogP contribution in [0.1, 0.15) is 50.6 Å². The zero-order valence-electron chi connectivity index (χ0n) is 19.2. The molecule has 4 rings (SSSR count). The molecule has 6 nitrogen and oxygen atoms in total. The van der Waals surface area contributed by atoms with Crippen LogP contribution >= 0.6 is 0 Å². The molecule has 172 valence electrons. The molecule has 0 aliphatic carbocycles. The number of aryl methyl sites for hydroxylation is 1. The van der Waals surface area contributed by atoms with Crippen molar-refractivity contribution in [2.45, 2.75) is 26.8 Å². The Bertz CT molecular complexity index is 1310. The number of anilines is 1. The molecule has 34 heavy (non-hydrogen) atoms. The average molecular weight is 457 g/mol. The largest absolute Gasteiger partial charge is 0.345 e. The molecule has 7 heteroatoms. The fraction of sp³-hybridized carbons (Fsp3) is 0.148. The number of rotatable bonds is 6. The van der Waals surface area contributed by atoms with E-state index in [-0.39, 0.29) is 17.9 Å². The monoisotopic (exact) mass is 456 g/mol. The summed E-state index contributed by atoms with van der Waals surface area (Å²) in [6.45, 7) is 5.75. The van der Waals surface area contributed by atoms with Crippen LogP contribution < -0.4 is 10.6 Å². The number of hydrogen-bond donors (Lipinski definition) is 2. The number of halogens is 1. The standard InChI is InChI=1S/C27H25FN4O2/c1-17-16-24(19(3)32(17)25-6-4-5-15-29-25)27(34)30-18(2)20-9-13-23(14-10-20)31-26(33)21-7-11-22(28)12-8-21/h4-16,18H,1-3H3,(H,30,34)(H,31,33). The summed E-state index contributed by atoms with van der Waals surface area (Å²) in [5.41, 5.74) is 4.21. The third-order valence-corrected chi connectivity index (χ3v) is 5.68. The first-order valence-corrected chi connectivity index (χ1v) is 10.9. The second-order valence-electron chi connectivity index (χ2n) is 8.09. The predicted molar refractivity (Wildman–Crippen MR) is 130 cm³/mol. The molecule has 0 aliphatic heterocycles. The number of pyridine rings is 1. The second-order valence-corrected chi connectivity index (χ2v) is 8.09. The van der Waals surface area contributed by atoms with Crippen molar-refractivity contribution in [2.24, 2.45) is 0 Å². The molecule has 2 heterocycles.